The number of hydrogen-bond acceptors (Lipinski definition) is 2. The summed E-state index contributed by atoms with van der Waals surface area (Å²) in [7, 11) is 0. The van der Waals surface area contributed by atoms with Gasteiger partial charge in [0.15, 0.2) is 0 Å². The Morgan fingerprint density at radius 3 is 2.67 bits per heavy atom. The Labute approximate surface area is 123 Å². The van der Waals surface area contributed by atoms with Crippen LogP contribution in [0, 0.1) is 17.2 Å². The molecule has 21 heavy (non-hydrogen) atoms. The third-order valence-corrected chi connectivity index (χ3v) is 4.29. The molecular formula is C16H20FNO3. The number of hydrogen-bond donors (Lipinski definition) is 2. The number of carbonyl (C=O) groups excluding carboxylic acids is 1. The maximum absolute atomic E-state index is 13.3. The van der Waals surface area contributed by atoms with E-state index in [1.54, 1.807) is 0 Å². The SMILES string of the molecule is CC1(C)CCCCC1C(=O)Nc1ccc(F)c(C(=O)O)c1. The molecule has 5 heteroatoms. The fourth-order valence-corrected chi connectivity index (χ4v) is 2.98. The van der Waals surface area contributed by atoms with E-state index in [1.165, 1.54) is 6.07 Å². The number of rotatable bonds is 3. The zero-order valence-corrected chi connectivity index (χ0v) is 12.3. The van der Waals surface area contributed by atoms with Crippen molar-refractivity contribution in [2.45, 2.75) is 39.5 Å². The highest BCUT2D eigenvalue weighted by Crippen LogP contribution is 2.41. The molecule has 0 radical (unpaired) electrons. The molecule has 1 amide bonds. The number of benzene rings is 1. The molecule has 1 fully saturated rings. The normalized spacial score (nSPS) is 20.8. The summed E-state index contributed by atoms with van der Waals surface area (Å²) in [6, 6.07) is 3.60. The predicted octanol–water partition coefficient (Wildman–Crippen LogP) is 3.68. The van der Waals surface area contributed by atoms with Gasteiger partial charge in [-0.2, -0.15) is 0 Å². The van der Waals surface area contributed by atoms with E-state index in [9.17, 15) is 14.0 Å². The van der Waals surface area contributed by atoms with Gasteiger partial charge in [0, 0.05) is 11.6 Å². The number of aromatic carboxylic acids is 1. The highest BCUT2D eigenvalue weighted by Gasteiger charge is 2.37. The summed E-state index contributed by atoms with van der Waals surface area (Å²) >= 11 is 0. The van der Waals surface area contributed by atoms with Gasteiger partial charge in [-0.25, -0.2) is 9.18 Å². The second-order valence-electron chi connectivity index (χ2n) is 6.28. The number of carboxylic acid groups (broad SMARTS) is 1. The standard InChI is InChI=1S/C16H20FNO3/c1-16(2)8-4-3-5-12(16)14(19)18-10-6-7-13(17)11(9-10)15(20)21/h6-7,9,12H,3-5,8H2,1-2H3,(H,18,19)(H,20,21). The van der Waals surface area contributed by atoms with Crippen LogP contribution in [0.1, 0.15) is 49.9 Å². The van der Waals surface area contributed by atoms with Crippen molar-refractivity contribution < 1.29 is 19.1 Å². The first-order valence-electron chi connectivity index (χ1n) is 7.15. The number of carboxylic acids is 1. The van der Waals surface area contributed by atoms with Crippen LogP contribution in [0.4, 0.5) is 10.1 Å². The first-order chi connectivity index (χ1) is 9.81. The lowest BCUT2D eigenvalue weighted by molar-refractivity contribution is -0.124. The number of anilines is 1. The maximum Gasteiger partial charge on any atom is 0.338 e. The second kappa shape index (κ2) is 5.84. The molecule has 2 N–H and O–H groups in total. The lowest BCUT2D eigenvalue weighted by Gasteiger charge is -2.37. The van der Waals surface area contributed by atoms with Crippen LogP contribution in [0.25, 0.3) is 0 Å². The predicted molar refractivity (Wildman–Crippen MR) is 77.7 cm³/mol. The van der Waals surface area contributed by atoms with Gasteiger partial charge in [0.05, 0.1) is 5.56 Å². The third kappa shape index (κ3) is 3.40. The van der Waals surface area contributed by atoms with Crippen molar-refractivity contribution in [2.75, 3.05) is 5.32 Å². The lowest BCUT2D eigenvalue weighted by Crippen LogP contribution is -2.37. The zero-order valence-electron chi connectivity index (χ0n) is 12.3. The summed E-state index contributed by atoms with van der Waals surface area (Å²) < 4.78 is 13.3. The second-order valence-corrected chi connectivity index (χ2v) is 6.28. The largest absolute Gasteiger partial charge is 0.478 e. The van der Waals surface area contributed by atoms with Crippen molar-refractivity contribution in [3.63, 3.8) is 0 Å². The Morgan fingerprint density at radius 2 is 2.05 bits per heavy atom. The summed E-state index contributed by atoms with van der Waals surface area (Å²) in [5.74, 6) is -2.38. The van der Waals surface area contributed by atoms with Crippen molar-refractivity contribution in [3.05, 3.63) is 29.6 Å². The molecule has 0 spiro atoms. The molecule has 0 heterocycles. The average Bonchev–Trinajstić information content (AvgIpc) is 2.40. The van der Waals surface area contributed by atoms with Crippen molar-refractivity contribution in [1.82, 2.24) is 0 Å². The summed E-state index contributed by atoms with van der Waals surface area (Å²) in [6.07, 6.45) is 3.96. The fraction of sp³-hybridized carbons (Fsp3) is 0.500. The van der Waals surface area contributed by atoms with Crippen molar-refractivity contribution >= 4 is 17.6 Å². The molecule has 1 aliphatic carbocycles. The Kier molecular flexibility index (Phi) is 4.30. The lowest BCUT2D eigenvalue weighted by atomic mass is 9.68. The molecule has 2 rings (SSSR count). The quantitative estimate of drug-likeness (QED) is 0.893. The first kappa shape index (κ1) is 15.5. The zero-order chi connectivity index (χ0) is 15.6. The topological polar surface area (TPSA) is 66.4 Å². The molecule has 1 atom stereocenters. The van der Waals surface area contributed by atoms with E-state index >= 15 is 0 Å². The van der Waals surface area contributed by atoms with Gasteiger partial charge in [-0.3, -0.25) is 4.79 Å². The number of amides is 1. The molecule has 1 saturated carbocycles. The highest BCUT2D eigenvalue weighted by molar-refractivity contribution is 5.95. The summed E-state index contributed by atoms with van der Waals surface area (Å²) in [5.41, 5.74) is -0.186. The summed E-state index contributed by atoms with van der Waals surface area (Å²) in [4.78, 5) is 23.3. The summed E-state index contributed by atoms with van der Waals surface area (Å²) in [6.45, 7) is 4.15. The van der Waals surface area contributed by atoms with E-state index < -0.39 is 17.3 Å². The van der Waals surface area contributed by atoms with E-state index in [4.69, 9.17) is 5.11 Å². The molecule has 0 aliphatic heterocycles. The van der Waals surface area contributed by atoms with Crippen LogP contribution in [-0.2, 0) is 4.79 Å². The van der Waals surface area contributed by atoms with Gasteiger partial charge in [0.2, 0.25) is 5.91 Å². The van der Waals surface area contributed by atoms with E-state index in [-0.39, 0.29) is 17.2 Å². The third-order valence-electron chi connectivity index (χ3n) is 4.29. The average molecular weight is 293 g/mol. The Hall–Kier alpha value is -1.91. The minimum atomic E-state index is -1.35. The minimum Gasteiger partial charge on any atom is -0.478 e. The van der Waals surface area contributed by atoms with Crippen LogP contribution in [-0.4, -0.2) is 17.0 Å². The molecule has 1 aliphatic rings. The van der Waals surface area contributed by atoms with Crippen LogP contribution in [0.3, 0.4) is 0 Å². The van der Waals surface area contributed by atoms with Crippen molar-refractivity contribution in [2.24, 2.45) is 11.3 Å². The van der Waals surface area contributed by atoms with Crippen LogP contribution in [0.15, 0.2) is 18.2 Å². The molecular weight excluding hydrogens is 273 g/mol. The van der Waals surface area contributed by atoms with Gasteiger partial charge >= 0.3 is 5.97 Å². The molecule has 1 unspecified atom stereocenters. The molecule has 1 aromatic rings. The van der Waals surface area contributed by atoms with Crippen LogP contribution < -0.4 is 5.32 Å². The smallest absolute Gasteiger partial charge is 0.338 e. The van der Waals surface area contributed by atoms with Crippen LogP contribution in [0.2, 0.25) is 0 Å². The summed E-state index contributed by atoms with van der Waals surface area (Å²) in [5, 5.41) is 11.6. The monoisotopic (exact) mass is 293 g/mol. The molecule has 1 aromatic carbocycles. The number of nitrogens with one attached hydrogen (secondary N) is 1. The highest BCUT2D eigenvalue weighted by atomic mass is 19.1. The molecule has 0 bridgehead atoms. The van der Waals surface area contributed by atoms with E-state index in [2.05, 4.69) is 19.2 Å². The van der Waals surface area contributed by atoms with E-state index in [1.807, 2.05) is 0 Å². The van der Waals surface area contributed by atoms with Crippen molar-refractivity contribution in [1.29, 1.82) is 0 Å². The van der Waals surface area contributed by atoms with Gasteiger partial charge < -0.3 is 10.4 Å². The van der Waals surface area contributed by atoms with Gasteiger partial charge in [-0.05, 0) is 36.5 Å². The van der Waals surface area contributed by atoms with Crippen LogP contribution in [0.5, 0.6) is 0 Å². The molecule has 0 aromatic heterocycles. The van der Waals surface area contributed by atoms with E-state index in [0.29, 0.717) is 5.69 Å². The van der Waals surface area contributed by atoms with Gasteiger partial charge in [0.1, 0.15) is 5.82 Å². The Bertz CT molecular complexity index is 569. The first-order valence-corrected chi connectivity index (χ1v) is 7.15. The van der Waals surface area contributed by atoms with E-state index in [0.717, 1.165) is 37.8 Å². The molecule has 0 saturated heterocycles. The fourth-order valence-electron chi connectivity index (χ4n) is 2.98. The Balaban J connectivity index is 2.16. The maximum atomic E-state index is 13.3. The minimum absolute atomic E-state index is 0.0714. The van der Waals surface area contributed by atoms with Crippen molar-refractivity contribution in [3.8, 4) is 0 Å². The Morgan fingerprint density at radius 1 is 1.33 bits per heavy atom. The van der Waals surface area contributed by atoms with Gasteiger partial charge in [-0.15, -0.1) is 0 Å². The number of halogens is 1. The molecule has 114 valence electrons. The van der Waals surface area contributed by atoms with Crippen LogP contribution >= 0.6 is 0 Å². The number of carbonyl (C=O) groups is 2. The van der Waals surface area contributed by atoms with Gasteiger partial charge in [0.25, 0.3) is 0 Å². The molecule has 4 nitrogen and oxygen atoms in total. The van der Waals surface area contributed by atoms with Gasteiger partial charge in [-0.1, -0.05) is 26.7 Å².